The Labute approximate surface area is 136 Å². The van der Waals surface area contributed by atoms with E-state index < -0.39 is 0 Å². The molecule has 0 saturated heterocycles. The van der Waals surface area contributed by atoms with Gasteiger partial charge in [0.2, 0.25) is 11.8 Å². The van der Waals surface area contributed by atoms with Crippen molar-refractivity contribution in [2.24, 2.45) is 0 Å². The van der Waals surface area contributed by atoms with Crippen molar-refractivity contribution in [1.82, 2.24) is 15.5 Å². The molecule has 0 spiro atoms. The molecule has 1 N–H and O–H groups in total. The molecule has 0 atom stereocenters. The SMILES string of the molecule is O=C(Cc1ccc(F)cc1)NCCc1nnc(-c2cccs2)o1. The van der Waals surface area contributed by atoms with E-state index in [4.69, 9.17) is 4.42 Å². The van der Waals surface area contributed by atoms with E-state index >= 15 is 0 Å². The summed E-state index contributed by atoms with van der Waals surface area (Å²) in [5.74, 6) is 0.532. The number of nitrogens with one attached hydrogen (secondary N) is 1. The minimum atomic E-state index is -0.313. The van der Waals surface area contributed by atoms with Gasteiger partial charge in [-0.3, -0.25) is 4.79 Å². The zero-order chi connectivity index (χ0) is 16.1. The lowest BCUT2D eigenvalue weighted by Gasteiger charge is -2.03. The minimum absolute atomic E-state index is 0.130. The van der Waals surface area contributed by atoms with Gasteiger partial charge in [-0.15, -0.1) is 21.5 Å². The highest BCUT2D eigenvalue weighted by molar-refractivity contribution is 7.13. The monoisotopic (exact) mass is 331 g/mol. The van der Waals surface area contributed by atoms with Crippen LogP contribution in [0, 0.1) is 5.82 Å². The Kier molecular flexibility index (Phi) is 4.77. The summed E-state index contributed by atoms with van der Waals surface area (Å²) in [6.07, 6.45) is 0.679. The second-order valence-corrected chi connectivity index (χ2v) is 5.83. The molecule has 3 rings (SSSR count). The number of nitrogens with zero attached hydrogens (tertiary/aromatic N) is 2. The number of carbonyl (C=O) groups excluding carboxylic acids is 1. The van der Waals surface area contributed by atoms with Gasteiger partial charge in [-0.05, 0) is 29.1 Å². The fraction of sp³-hybridized carbons (Fsp3) is 0.188. The number of thiophene rings is 1. The van der Waals surface area contributed by atoms with Crippen LogP contribution in [0.1, 0.15) is 11.5 Å². The lowest BCUT2D eigenvalue weighted by atomic mass is 10.1. The van der Waals surface area contributed by atoms with E-state index in [1.165, 1.54) is 23.5 Å². The summed E-state index contributed by atoms with van der Waals surface area (Å²) in [6.45, 7) is 0.409. The van der Waals surface area contributed by atoms with Gasteiger partial charge >= 0.3 is 0 Å². The number of benzene rings is 1. The zero-order valence-corrected chi connectivity index (χ0v) is 13.0. The van der Waals surface area contributed by atoms with Gasteiger partial charge in [-0.1, -0.05) is 18.2 Å². The highest BCUT2D eigenvalue weighted by atomic mass is 32.1. The normalized spacial score (nSPS) is 10.7. The molecule has 1 amide bonds. The van der Waals surface area contributed by atoms with E-state index in [1.54, 1.807) is 12.1 Å². The first kappa shape index (κ1) is 15.4. The Morgan fingerprint density at radius 3 is 2.78 bits per heavy atom. The van der Waals surface area contributed by atoms with Crippen LogP contribution >= 0.6 is 11.3 Å². The molecule has 0 saturated carbocycles. The summed E-state index contributed by atoms with van der Waals surface area (Å²) in [5, 5.41) is 12.7. The zero-order valence-electron chi connectivity index (χ0n) is 12.2. The van der Waals surface area contributed by atoms with E-state index in [2.05, 4.69) is 15.5 Å². The molecule has 0 unspecified atom stereocenters. The van der Waals surface area contributed by atoms with Crippen LogP contribution in [0.25, 0.3) is 10.8 Å². The molecule has 0 fully saturated rings. The number of hydrogen-bond acceptors (Lipinski definition) is 5. The molecule has 2 heterocycles. The number of carbonyl (C=O) groups is 1. The summed E-state index contributed by atoms with van der Waals surface area (Å²) < 4.78 is 18.3. The van der Waals surface area contributed by atoms with Crippen LogP contribution in [-0.2, 0) is 17.6 Å². The standard InChI is InChI=1S/C16H14FN3O2S/c17-12-5-3-11(4-6-12)10-14(21)18-8-7-15-19-20-16(22-15)13-2-1-9-23-13/h1-6,9H,7-8,10H2,(H,18,21). The van der Waals surface area contributed by atoms with Gasteiger partial charge in [-0.25, -0.2) is 4.39 Å². The molecule has 0 aliphatic carbocycles. The molecule has 1 aromatic carbocycles. The Bertz CT molecular complexity index is 769. The van der Waals surface area contributed by atoms with Gasteiger partial charge in [0.1, 0.15) is 5.82 Å². The van der Waals surface area contributed by atoms with Gasteiger partial charge in [0.25, 0.3) is 5.89 Å². The maximum absolute atomic E-state index is 12.8. The smallest absolute Gasteiger partial charge is 0.257 e. The summed E-state index contributed by atoms with van der Waals surface area (Å²) >= 11 is 1.53. The number of halogens is 1. The van der Waals surface area contributed by atoms with Crippen molar-refractivity contribution in [3.05, 3.63) is 59.0 Å². The topological polar surface area (TPSA) is 68.0 Å². The number of aromatic nitrogens is 2. The molecule has 7 heteroatoms. The van der Waals surface area contributed by atoms with Crippen LogP contribution in [-0.4, -0.2) is 22.6 Å². The van der Waals surface area contributed by atoms with Gasteiger partial charge in [0, 0.05) is 13.0 Å². The predicted molar refractivity (Wildman–Crippen MR) is 84.4 cm³/mol. The van der Waals surface area contributed by atoms with Crippen LogP contribution in [0.3, 0.4) is 0 Å². The molecular weight excluding hydrogens is 317 g/mol. The molecule has 118 valence electrons. The van der Waals surface area contributed by atoms with Crippen molar-refractivity contribution in [1.29, 1.82) is 0 Å². The summed E-state index contributed by atoms with van der Waals surface area (Å²) in [6, 6.07) is 9.70. The third-order valence-corrected chi connectivity index (χ3v) is 4.00. The Balaban J connectivity index is 1.46. The fourth-order valence-corrected chi connectivity index (χ4v) is 2.66. The van der Waals surface area contributed by atoms with E-state index in [1.807, 2.05) is 17.5 Å². The van der Waals surface area contributed by atoms with Crippen molar-refractivity contribution in [3.63, 3.8) is 0 Å². The first-order chi connectivity index (χ1) is 11.2. The lowest BCUT2D eigenvalue weighted by Crippen LogP contribution is -2.27. The molecule has 2 aromatic heterocycles. The number of amides is 1. The van der Waals surface area contributed by atoms with Crippen LogP contribution < -0.4 is 5.32 Å². The van der Waals surface area contributed by atoms with E-state index in [9.17, 15) is 9.18 Å². The summed E-state index contributed by atoms with van der Waals surface area (Å²) in [4.78, 5) is 12.7. The maximum Gasteiger partial charge on any atom is 0.257 e. The Hall–Kier alpha value is -2.54. The van der Waals surface area contributed by atoms with Crippen molar-refractivity contribution < 1.29 is 13.6 Å². The average molecular weight is 331 g/mol. The first-order valence-electron chi connectivity index (χ1n) is 7.08. The van der Waals surface area contributed by atoms with Crippen molar-refractivity contribution in [3.8, 4) is 10.8 Å². The van der Waals surface area contributed by atoms with E-state index in [-0.39, 0.29) is 18.1 Å². The summed E-state index contributed by atoms with van der Waals surface area (Å²) in [7, 11) is 0. The molecule has 0 aliphatic heterocycles. The molecule has 0 bridgehead atoms. The highest BCUT2D eigenvalue weighted by Gasteiger charge is 2.10. The van der Waals surface area contributed by atoms with E-state index in [0.29, 0.717) is 24.7 Å². The van der Waals surface area contributed by atoms with Crippen LogP contribution in [0.15, 0.2) is 46.2 Å². The van der Waals surface area contributed by atoms with Gasteiger partial charge in [0.05, 0.1) is 11.3 Å². The minimum Gasteiger partial charge on any atom is -0.420 e. The Morgan fingerprint density at radius 1 is 1.22 bits per heavy atom. The molecule has 0 radical (unpaired) electrons. The highest BCUT2D eigenvalue weighted by Crippen LogP contribution is 2.22. The third-order valence-electron chi connectivity index (χ3n) is 3.14. The van der Waals surface area contributed by atoms with Gasteiger partial charge in [0.15, 0.2) is 0 Å². The van der Waals surface area contributed by atoms with Crippen molar-refractivity contribution >= 4 is 17.2 Å². The molecule has 23 heavy (non-hydrogen) atoms. The number of rotatable bonds is 6. The largest absolute Gasteiger partial charge is 0.420 e. The molecule has 5 nitrogen and oxygen atoms in total. The summed E-state index contributed by atoms with van der Waals surface area (Å²) in [5.41, 5.74) is 0.765. The van der Waals surface area contributed by atoms with Gasteiger partial charge in [-0.2, -0.15) is 0 Å². The molecular formula is C16H14FN3O2S. The van der Waals surface area contributed by atoms with Crippen LogP contribution in [0.5, 0.6) is 0 Å². The van der Waals surface area contributed by atoms with Crippen LogP contribution in [0.2, 0.25) is 0 Å². The second kappa shape index (κ2) is 7.15. The first-order valence-corrected chi connectivity index (χ1v) is 7.96. The number of hydrogen-bond donors (Lipinski definition) is 1. The quantitative estimate of drug-likeness (QED) is 0.754. The average Bonchev–Trinajstić information content (AvgIpc) is 3.20. The maximum atomic E-state index is 12.8. The van der Waals surface area contributed by atoms with Gasteiger partial charge < -0.3 is 9.73 Å². The predicted octanol–water partition coefficient (Wildman–Crippen LogP) is 2.84. The third kappa shape index (κ3) is 4.23. The van der Waals surface area contributed by atoms with Crippen molar-refractivity contribution in [2.45, 2.75) is 12.8 Å². The molecule has 3 aromatic rings. The fourth-order valence-electron chi connectivity index (χ4n) is 2.01. The lowest BCUT2D eigenvalue weighted by molar-refractivity contribution is -0.120. The van der Waals surface area contributed by atoms with E-state index in [0.717, 1.165) is 10.4 Å². The van der Waals surface area contributed by atoms with Crippen molar-refractivity contribution in [2.75, 3.05) is 6.54 Å². The molecule has 0 aliphatic rings. The second-order valence-electron chi connectivity index (χ2n) is 4.88. The van der Waals surface area contributed by atoms with Crippen LogP contribution in [0.4, 0.5) is 4.39 Å². The Morgan fingerprint density at radius 2 is 2.04 bits per heavy atom.